The smallest absolute Gasteiger partial charge is 0.0263 e. The Hall–Kier alpha value is -0.0800. The Labute approximate surface area is 81.7 Å². The average molecular weight is 182 g/mol. The van der Waals surface area contributed by atoms with E-state index in [-0.39, 0.29) is 0 Å². The van der Waals surface area contributed by atoms with Crippen molar-refractivity contribution in [2.75, 3.05) is 19.6 Å². The van der Waals surface area contributed by atoms with Crippen molar-refractivity contribution in [1.82, 2.24) is 10.2 Å². The third-order valence-corrected chi connectivity index (χ3v) is 3.75. The van der Waals surface area contributed by atoms with Crippen LogP contribution >= 0.6 is 0 Å². The van der Waals surface area contributed by atoms with E-state index >= 15 is 0 Å². The van der Waals surface area contributed by atoms with Gasteiger partial charge in [0, 0.05) is 25.2 Å². The monoisotopic (exact) mass is 182 g/mol. The standard InChI is InChI=1S/C11H22N2/c1-4-12-10-7-13(9(2)3)8-11(10)5-6-11/h9-10,12H,4-8H2,1-3H3. The summed E-state index contributed by atoms with van der Waals surface area (Å²) in [6, 6.07) is 1.50. The van der Waals surface area contributed by atoms with Crippen molar-refractivity contribution in [2.45, 2.75) is 45.7 Å². The zero-order chi connectivity index (χ0) is 9.47. The van der Waals surface area contributed by atoms with Crippen LogP contribution in [0.15, 0.2) is 0 Å². The Bertz CT molecular complexity index is 185. The minimum Gasteiger partial charge on any atom is -0.312 e. The second-order valence-corrected chi connectivity index (χ2v) is 5.00. The van der Waals surface area contributed by atoms with Gasteiger partial charge in [0.25, 0.3) is 0 Å². The maximum Gasteiger partial charge on any atom is 0.0263 e. The van der Waals surface area contributed by atoms with Gasteiger partial charge in [-0.15, -0.1) is 0 Å². The number of likely N-dealkylation sites (N-methyl/N-ethyl adjacent to an activating group) is 1. The summed E-state index contributed by atoms with van der Waals surface area (Å²) in [6.07, 6.45) is 2.90. The molecule has 1 N–H and O–H groups in total. The first-order valence-corrected chi connectivity index (χ1v) is 5.65. The highest BCUT2D eigenvalue weighted by atomic mass is 15.2. The van der Waals surface area contributed by atoms with Crippen LogP contribution in [0, 0.1) is 5.41 Å². The molecular weight excluding hydrogens is 160 g/mol. The normalized spacial score (nSPS) is 31.8. The molecule has 1 saturated heterocycles. The first-order chi connectivity index (χ1) is 6.18. The predicted molar refractivity (Wildman–Crippen MR) is 55.8 cm³/mol. The summed E-state index contributed by atoms with van der Waals surface area (Å²) in [5.41, 5.74) is 0.681. The fraction of sp³-hybridized carbons (Fsp3) is 1.00. The SMILES string of the molecule is CCNC1CN(C(C)C)CC12CC2. The number of rotatable bonds is 3. The van der Waals surface area contributed by atoms with Crippen LogP contribution in [-0.2, 0) is 0 Å². The Morgan fingerprint density at radius 3 is 2.62 bits per heavy atom. The maximum absolute atomic E-state index is 3.64. The van der Waals surface area contributed by atoms with E-state index < -0.39 is 0 Å². The van der Waals surface area contributed by atoms with E-state index in [0.29, 0.717) is 5.41 Å². The van der Waals surface area contributed by atoms with Gasteiger partial charge in [-0.2, -0.15) is 0 Å². The van der Waals surface area contributed by atoms with Gasteiger partial charge in [0.05, 0.1) is 0 Å². The molecule has 0 amide bonds. The first kappa shape index (κ1) is 9.47. The van der Waals surface area contributed by atoms with Crippen molar-refractivity contribution < 1.29 is 0 Å². The molecule has 76 valence electrons. The summed E-state index contributed by atoms with van der Waals surface area (Å²) >= 11 is 0. The molecule has 0 aromatic rings. The molecule has 0 aromatic heterocycles. The summed E-state index contributed by atoms with van der Waals surface area (Å²) in [6.45, 7) is 10.6. The van der Waals surface area contributed by atoms with Gasteiger partial charge in [0.15, 0.2) is 0 Å². The second kappa shape index (κ2) is 3.25. The lowest BCUT2D eigenvalue weighted by atomic mass is 10.0. The van der Waals surface area contributed by atoms with Crippen LogP contribution in [0.25, 0.3) is 0 Å². The van der Waals surface area contributed by atoms with Crippen LogP contribution in [0.2, 0.25) is 0 Å². The molecule has 2 fully saturated rings. The van der Waals surface area contributed by atoms with E-state index in [2.05, 4.69) is 31.0 Å². The number of hydrogen-bond acceptors (Lipinski definition) is 2. The molecule has 0 radical (unpaired) electrons. The quantitative estimate of drug-likeness (QED) is 0.711. The molecule has 2 rings (SSSR count). The van der Waals surface area contributed by atoms with E-state index in [9.17, 15) is 0 Å². The molecule has 2 heteroatoms. The molecular formula is C11H22N2. The molecule has 1 aliphatic heterocycles. The fourth-order valence-corrected chi connectivity index (χ4v) is 2.60. The Morgan fingerprint density at radius 1 is 1.46 bits per heavy atom. The van der Waals surface area contributed by atoms with Gasteiger partial charge < -0.3 is 5.32 Å². The number of nitrogens with zero attached hydrogens (tertiary/aromatic N) is 1. The minimum absolute atomic E-state index is 0.681. The molecule has 1 unspecified atom stereocenters. The summed E-state index contributed by atoms with van der Waals surface area (Å²) in [7, 11) is 0. The molecule has 1 spiro atoms. The molecule has 1 atom stereocenters. The molecule has 1 heterocycles. The van der Waals surface area contributed by atoms with Crippen molar-refractivity contribution in [3.8, 4) is 0 Å². The van der Waals surface area contributed by atoms with Crippen molar-refractivity contribution in [3.63, 3.8) is 0 Å². The topological polar surface area (TPSA) is 15.3 Å². The molecule has 1 saturated carbocycles. The number of likely N-dealkylation sites (tertiary alicyclic amines) is 1. The zero-order valence-electron chi connectivity index (χ0n) is 9.14. The van der Waals surface area contributed by atoms with Gasteiger partial charge in [-0.05, 0) is 38.6 Å². The van der Waals surface area contributed by atoms with Crippen LogP contribution in [0.3, 0.4) is 0 Å². The van der Waals surface area contributed by atoms with Gasteiger partial charge in [-0.1, -0.05) is 6.92 Å². The largest absolute Gasteiger partial charge is 0.312 e. The lowest BCUT2D eigenvalue weighted by molar-refractivity contribution is 0.260. The summed E-state index contributed by atoms with van der Waals surface area (Å²) < 4.78 is 0. The lowest BCUT2D eigenvalue weighted by Crippen LogP contribution is -2.37. The molecule has 0 aromatic carbocycles. The van der Waals surface area contributed by atoms with E-state index in [1.54, 1.807) is 0 Å². The van der Waals surface area contributed by atoms with Crippen molar-refractivity contribution in [2.24, 2.45) is 5.41 Å². The van der Waals surface area contributed by atoms with Crippen LogP contribution in [-0.4, -0.2) is 36.6 Å². The van der Waals surface area contributed by atoms with Crippen molar-refractivity contribution in [1.29, 1.82) is 0 Å². The van der Waals surface area contributed by atoms with Gasteiger partial charge in [0.1, 0.15) is 0 Å². The second-order valence-electron chi connectivity index (χ2n) is 5.00. The van der Waals surface area contributed by atoms with Crippen LogP contribution in [0.4, 0.5) is 0 Å². The van der Waals surface area contributed by atoms with Crippen LogP contribution in [0.1, 0.15) is 33.6 Å². The molecule has 13 heavy (non-hydrogen) atoms. The Balaban J connectivity index is 1.97. The Morgan fingerprint density at radius 2 is 2.15 bits per heavy atom. The highest BCUT2D eigenvalue weighted by Gasteiger charge is 2.54. The molecule has 0 bridgehead atoms. The van der Waals surface area contributed by atoms with Gasteiger partial charge in [-0.3, -0.25) is 4.90 Å². The summed E-state index contributed by atoms with van der Waals surface area (Å²) in [4.78, 5) is 2.63. The third-order valence-electron chi connectivity index (χ3n) is 3.75. The third kappa shape index (κ3) is 1.62. The molecule has 2 nitrogen and oxygen atoms in total. The highest BCUT2D eigenvalue weighted by molar-refractivity contribution is 5.10. The molecule has 2 aliphatic rings. The maximum atomic E-state index is 3.64. The summed E-state index contributed by atoms with van der Waals surface area (Å²) in [5, 5.41) is 3.64. The minimum atomic E-state index is 0.681. The average Bonchev–Trinajstić information content (AvgIpc) is 2.73. The van der Waals surface area contributed by atoms with E-state index in [0.717, 1.165) is 18.6 Å². The lowest BCUT2D eigenvalue weighted by Gasteiger charge is -2.20. The highest BCUT2D eigenvalue weighted by Crippen LogP contribution is 2.53. The fourth-order valence-electron chi connectivity index (χ4n) is 2.60. The number of nitrogens with one attached hydrogen (secondary N) is 1. The van der Waals surface area contributed by atoms with E-state index in [4.69, 9.17) is 0 Å². The van der Waals surface area contributed by atoms with Gasteiger partial charge >= 0.3 is 0 Å². The number of hydrogen-bond donors (Lipinski definition) is 1. The van der Waals surface area contributed by atoms with Crippen LogP contribution < -0.4 is 5.32 Å². The van der Waals surface area contributed by atoms with Crippen molar-refractivity contribution >= 4 is 0 Å². The van der Waals surface area contributed by atoms with Crippen molar-refractivity contribution in [3.05, 3.63) is 0 Å². The summed E-state index contributed by atoms with van der Waals surface area (Å²) in [5.74, 6) is 0. The van der Waals surface area contributed by atoms with E-state index in [1.165, 1.54) is 25.9 Å². The zero-order valence-corrected chi connectivity index (χ0v) is 9.14. The van der Waals surface area contributed by atoms with E-state index in [1.807, 2.05) is 0 Å². The van der Waals surface area contributed by atoms with Gasteiger partial charge in [-0.25, -0.2) is 0 Å². The first-order valence-electron chi connectivity index (χ1n) is 5.65. The molecule has 1 aliphatic carbocycles. The predicted octanol–water partition coefficient (Wildman–Crippen LogP) is 1.47. The Kier molecular flexibility index (Phi) is 2.37. The van der Waals surface area contributed by atoms with Crippen LogP contribution in [0.5, 0.6) is 0 Å². The van der Waals surface area contributed by atoms with Gasteiger partial charge in [0.2, 0.25) is 0 Å².